The molecule has 2 fully saturated rings. The van der Waals surface area contributed by atoms with Crippen molar-refractivity contribution in [1.82, 2.24) is 0 Å². The van der Waals surface area contributed by atoms with Crippen molar-refractivity contribution in [3.8, 4) is 0 Å². The van der Waals surface area contributed by atoms with E-state index in [9.17, 15) is 5.11 Å². The first-order chi connectivity index (χ1) is 14.8. The highest BCUT2D eigenvalue weighted by molar-refractivity contribution is 5.18. The van der Waals surface area contributed by atoms with E-state index < -0.39 is 0 Å². The molecule has 1 aliphatic carbocycles. The van der Waals surface area contributed by atoms with Crippen molar-refractivity contribution < 1.29 is 28.8 Å². The first-order valence-electron chi connectivity index (χ1n) is 11.6. The molecule has 0 unspecified atom stereocenters. The second-order valence-electron chi connectivity index (χ2n) is 9.18. The van der Waals surface area contributed by atoms with Crippen LogP contribution in [0.4, 0.5) is 0 Å². The van der Waals surface area contributed by atoms with Gasteiger partial charge in [0.1, 0.15) is 12.2 Å². The number of aliphatic hydroxyl groups is 1. The van der Waals surface area contributed by atoms with Crippen LogP contribution >= 0.6 is 0 Å². The smallest absolute Gasteiger partial charge is 0.160 e. The Hall–Kier alpha value is -0.760. The molecule has 1 N–H and O–H groups in total. The fourth-order valence-electron chi connectivity index (χ4n) is 5.08. The molecule has 31 heavy (non-hydrogen) atoms. The fourth-order valence-corrected chi connectivity index (χ4v) is 5.08. The standard InChI is InChI=1S/C25H44O6/c1-9-20(27-5)17(4)18-13-19(18)23(26)15(2)11-10-12-16(3)24-25(30-8)21(28-6)14-22(29-7)31-24/h10-12,15,17-26H,9,13-14H2,1-8H3/b11-10+,16-12+/t15-,17-,18+,19-,20-,21+,22+,23+,24-,25-/m0/s1. The number of allylic oxidation sites excluding steroid dienone is 2. The van der Waals surface area contributed by atoms with Crippen LogP contribution in [0.1, 0.15) is 47.0 Å². The molecule has 0 bridgehead atoms. The van der Waals surface area contributed by atoms with Gasteiger partial charge >= 0.3 is 0 Å². The van der Waals surface area contributed by atoms with Crippen LogP contribution in [0.15, 0.2) is 23.8 Å². The van der Waals surface area contributed by atoms with Gasteiger partial charge in [-0.25, -0.2) is 0 Å². The van der Waals surface area contributed by atoms with Crippen LogP contribution in [0.2, 0.25) is 0 Å². The normalized spacial score (nSPS) is 35.7. The number of hydrogen-bond acceptors (Lipinski definition) is 6. The zero-order chi connectivity index (χ0) is 23.1. The zero-order valence-corrected chi connectivity index (χ0v) is 20.6. The summed E-state index contributed by atoms with van der Waals surface area (Å²) in [4.78, 5) is 0. The maximum atomic E-state index is 10.8. The number of hydrogen-bond donors (Lipinski definition) is 1. The number of rotatable bonds is 12. The number of methoxy groups -OCH3 is 4. The highest BCUT2D eigenvalue weighted by Crippen LogP contribution is 2.49. The van der Waals surface area contributed by atoms with Crippen molar-refractivity contribution in [2.24, 2.45) is 23.7 Å². The first-order valence-corrected chi connectivity index (χ1v) is 11.6. The molecular formula is C25H44O6. The van der Waals surface area contributed by atoms with Crippen LogP contribution in [-0.4, -0.2) is 70.4 Å². The maximum Gasteiger partial charge on any atom is 0.160 e. The van der Waals surface area contributed by atoms with Crippen molar-refractivity contribution in [3.05, 3.63) is 23.8 Å². The average Bonchev–Trinajstić information content (AvgIpc) is 3.58. The Bertz CT molecular complexity index is 587. The van der Waals surface area contributed by atoms with Crippen molar-refractivity contribution >= 4 is 0 Å². The van der Waals surface area contributed by atoms with E-state index in [4.69, 9.17) is 23.7 Å². The van der Waals surface area contributed by atoms with E-state index in [-0.39, 0.29) is 42.7 Å². The molecule has 0 aromatic rings. The quantitative estimate of drug-likeness (QED) is 0.463. The molecule has 0 aromatic carbocycles. The summed E-state index contributed by atoms with van der Waals surface area (Å²) in [5, 5.41) is 10.8. The molecule has 6 heteroatoms. The van der Waals surface area contributed by atoms with E-state index >= 15 is 0 Å². The maximum absolute atomic E-state index is 10.8. The number of aliphatic hydroxyl groups excluding tert-OH is 1. The summed E-state index contributed by atoms with van der Waals surface area (Å²) in [6.07, 6.45) is 7.96. The Morgan fingerprint density at radius 3 is 2.32 bits per heavy atom. The minimum atomic E-state index is -0.333. The Morgan fingerprint density at radius 1 is 1.06 bits per heavy atom. The van der Waals surface area contributed by atoms with Crippen LogP contribution in [-0.2, 0) is 23.7 Å². The van der Waals surface area contributed by atoms with Gasteiger partial charge in [0, 0.05) is 40.8 Å². The largest absolute Gasteiger partial charge is 0.392 e. The average molecular weight is 441 g/mol. The lowest BCUT2D eigenvalue weighted by Gasteiger charge is -2.40. The van der Waals surface area contributed by atoms with Crippen molar-refractivity contribution in [1.29, 1.82) is 0 Å². The van der Waals surface area contributed by atoms with Gasteiger partial charge in [0.25, 0.3) is 0 Å². The molecule has 1 saturated carbocycles. The summed E-state index contributed by atoms with van der Waals surface area (Å²) in [5.41, 5.74) is 1.04. The van der Waals surface area contributed by atoms with Crippen LogP contribution in [0.25, 0.3) is 0 Å². The van der Waals surface area contributed by atoms with Gasteiger partial charge in [0.2, 0.25) is 0 Å². The Labute approximate surface area is 188 Å². The van der Waals surface area contributed by atoms with E-state index in [2.05, 4.69) is 26.8 Å². The second-order valence-corrected chi connectivity index (χ2v) is 9.18. The SMILES string of the molecule is CC[C@H](OC)[C@@H](C)[C@H]1C[C@@H]1[C@H](O)[C@@H](C)/C=C/C=C(\C)[C@@H]1O[C@@H](OC)C[C@@H](OC)[C@@H]1OC. The Morgan fingerprint density at radius 2 is 1.77 bits per heavy atom. The van der Waals surface area contributed by atoms with Gasteiger partial charge in [-0.2, -0.15) is 0 Å². The third kappa shape index (κ3) is 6.62. The van der Waals surface area contributed by atoms with Gasteiger partial charge in [0.05, 0.1) is 18.3 Å². The van der Waals surface area contributed by atoms with Crippen LogP contribution in [0.5, 0.6) is 0 Å². The molecule has 1 heterocycles. The predicted octanol–water partition coefficient (Wildman–Crippen LogP) is 3.97. The third-order valence-corrected chi connectivity index (χ3v) is 7.28. The molecule has 0 spiro atoms. The van der Waals surface area contributed by atoms with E-state index in [1.807, 2.05) is 19.1 Å². The lowest BCUT2D eigenvalue weighted by molar-refractivity contribution is -0.241. The molecule has 0 amide bonds. The lowest BCUT2D eigenvalue weighted by atomic mass is 9.91. The third-order valence-electron chi connectivity index (χ3n) is 7.28. The summed E-state index contributed by atoms with van der Waals surface area (Å²) in [5.74, 6) is 1.46. The number of ether oxygens (including phenoxy) is 5. The fraction of sp³-hybridized carbons (Fsp3) is 0.840. The van der Waals surface area contributed by atoms with Gasteiger partial charge < -0.3 is 28.8 Å². The zero-order valence-electron chi connectivity index (χ0n) is 20.6. The molecule has 2 aliphatic rings. The molecule has 1 saturated heterocycles. The topological polar surface area (TPSA) is 66.4 Å². The van der Waals surface area contributed by atoms with Crippen molar-refractivity contribution in [3.63, 3.8) is 0 Å². The first kappa shape index (κ1) is 26.5. The molecule has 1 aliphatic heterocycles. The van der Waals surface area contributed by atoms with Crippen molar-refractivity contribution in [2.75, 3.05) is 28.4 Å². The monoisotopic (exact) mass is 440 g/mol. The van der Waals surface area contributed by atoms with E-state index in [1.165, 1.54) is 0 Å². The lowest BCUT2D eigenvalue weighted by Crippen LogP contribution is -2.51. The summed E-state index contributed by atoms with van der Waals surface area (Å²) in [7, 11) is 6.80. The highest BCUT2D eigenvalue weighted by Gasteiger charge is 2.48. The molecule has 180 valence electrons. The van der Waals surface area contributed by atoms with E-state index in [0.29, 0.717) is 24.2 Å². The molecule has 2 rings (SSSR count). The van der Waals surface area contributed by atoms with Gasteiger partial charge in [-0.1, -0.05) is 39.0 Å². The van der Waals surface area contributed by atoms with Crippen LogP contribution < -0.4 is 0 Å². The highest BCUT2D eigenvalue weighted by atomic mass is 16.7. The molecule has 6 nitrogen and oxygen atoms in total. The van der Waals surface area contributed by atoms with Crippen LogP contribution in [0, 0.1) is 23.7 Å². The molecule has 0 aromatic heterocycles. The minimum absolute atomic E-state index is 0.0813. The van der Waals surface area contributed by atoms with Gasteiger partial charge in [-0.3, -0.25) is 0 Å². The minimum Gasteiger partial charge on any atom is -0.392 e. The summed E-state index contributed by atoms with van der Waals surface area (Å²) in [6, 6.07) is 0. The second kappa shape index (κ2) is 12.5. The molecule has 0 radical (unpaired) electrons. The molecular weight excluding hydrogens is 396 g/mol. The van der Waals surface area contributed by atoms with Gasteiger partial charge in [0.15, 0.2) is 6.29 Å². The molecule has 10 atom stereocenters. The van der Waals surface area contributed by atoms with E-state index in [1.54, 1.807) is 28.4 Å². The summed E-state index contributed by atoms with van der Waals surface area (Å²) in [6.45, 7) is 8.51. The van der Waals surface area contributed by atoms with Crippen molar-refractivity contribution in [2.45, 2.75) is 83.8 Å². The van der Waals surface area contributed by atoms with Crippen LogP contribution in [0.3, 0.4) is 0 Å². The summed E-state index contributed by atoms with van der Waals surface area (Å²) < 4.78 is 28.4. The predicted molar refractivity (Wildman–Crippen MR) is 122 cm³/mol. The van der Waals surface area contributed by atoms with E-state index in [0.717, 1.165) is 18.4 Å². The summed E-state index contributed by atoms with van der Waals surface area (Å²) >= 11 is 0. The Balaban J connectivity index is 1.96. The van der Waals surface area contributed by atoms with Gasteiger partial charge in [-0.15, -0.1) is 0 Å². The van der Waals surface area contributed by atoms with Gasteiger partial charge in [-0.05, 0) is 43.1 Å². The Kier molecular flexibility index (Phi) is 10.7.